The fraction of sp³-hybridized carbons (Fsp3) is 0.684. The van der Waals surface area contributed by atoms with Crippen LogP contribution in [0, 0.1) is 20.8 Å². The van der Waals surface area contributed by atoms with E-state index in [2.05, 4.69) is 47.6 Å². The van der Waals surface area contributed by atoms with E-state index in [-0.39, 0.29) is 0 Å². The second-order valence-corrected chi connectivity index (χ2v) is 6.46. The Labute approximate surface area is 129 Å². The topological polar surface area (TPSA) is 21.8 Å². The van der Waals surface area contributed by atoms with Crippen LogP contribution in [0.25, 0.3) is 0 Å². The lowest BCUT2D eigenvalue weighted by Gasteiger charge is -2.21. The van der Waals surface area contributed by atoms with Crippen LogP contribution < -0.4 is 4.74 Å². The summed E-state index contributed by atoms with van der Waals surface area (Å²) < 4.78 is 11.6. The smallest absolute Gasteiger partial charge is 0.122 e. The van der Waals surface area contributed by atoms with Gasteiger partial charge in [-0.05, 0) is 74.3 Å². The molecule has 0 N–H and O–H groups in total. The average Bonchev–Trinajstić information content (AvgIpc) is 3.19. The second-order valence-electron chi connectivity index (χ2n) is 6.46. The summed E-state index contributed by atoms with van der Waals surface area (Å²) in [5.41, 5.74) is 5.52. The highest BCUT2D eigenvalue weighted by Gasteiger charge is 2.38. The Morgan fingerprint density at radius 1 is 1.14 bits per heavy atom. The zero-order chi connectivity index (χ0) is 15.6. The molecule has 1 aromatic carbocycles. The summed E-state index contributed by atoms with van der Waals surface area (Å²) in [6, 6.07) is 2.22. The minimum Gasteiger partial charge on any atom is -0.493 e. The molecule has 21 heavy (non-hydrogen) atoms. The first-order chi connectivity index (χ1) is 9.99. The van der Waals surface area contributed by atoms with Crippen molar-refractivity contribution in [3.63, 3.8) is 0 Å². The van der Waals surface area contributed by atoms with Gasteiger partial charge in [0, 0.05) is 0 Å². The quantitative estimate of drug-likeness (QED) is 0.654. The highest BCUT2D eigenvalue weighted by molar-refractivity contribution is 5.49. The van der Waals surface area contributed by atoms with Crippen LogP contribution in [-0.4, -0.2) is 18.8 Å². The molecule has 0 aliphatic carbocycles. The maximum Gasteiger partial charge on any atom is 0.122 e. The van der Waals surface area contributed by atoms with Gasteiger partial charge in [0.05, 0.1) is 18.8 Å². The van der Waals surface area contributed by atoms with E-state index in [1.54, 1.807) is 0 Å². The summed E-state index contributed by atoms with van der Waals surface area (Å²) in [7, 11) is 0. The third-order valence-corrected chi connectivity index (χ3v) is 4.74. The SMILES string of the molecule is CCCOc1cc(C)c(C(C)CC2OC2CC)c(C)c1C. The fourth-order valence-corrected chi connectivity index (χ4v) is 3.40. The predicted octanol–water partition coefficient (Wildman–Crippen LogP) is 5.07. The van der Waals surface area contributed by atoms with Crippen LogP contribution in [0.3, 0.4) is 0 Å². The van der Waals surface area contributed by atoms with Gasteiger partial charge in [-0.1, -0.05) is 20.8 Å². The van der Waals surface area contributed by atoms with E-state index >= 15 is 0 Å². The van der Waals surface area contributed by atoms with E-state index in [9.17, 15) is 0 Å². The van der Waals surface area contributed by atoms with Crippen molar-refractivity contribution in [2.75, 3.05) is 6.61 Å². The number of hydrogen-bond acceptors (Lipinski definition) is 2. The van der Waals surface area contributed by atoms with Crippen LogP contribution in [0.15, 0.2) is 6.07 Å². The molecule has 2 heteroatoms. The lowest BCUT2D eigenvalue weighted by atomic mass is 9.86. The molecule has 3 atom stereocenters. The Balaban J connectivity index is 2.17. The first-order valence-corrected chi connectivity index (χ1v) is 8.38. The molecular formula is C19H30O2. The molecule has 0 saturated carbocycles. The zero-order valence-electron chi connectivity index (χ0n) is 14.5. The molecule has 3 unspecified atom stereocenters. The van der Waals surface area contributed by atoms with Crippen LogP contribution >= 0.6 is 0 Å². The predicted molar refractivity (Wildman–Crippen MR) is 88.4 cm³/mol. The summed E-state index contributed by atoms with van der Waals surface area (Å²) in [5, 5.41) is 0. The van der Waals surface area contributed by atoms with Crippen LogP contribution in [0.2, 0.25) is 0 Å². The Hall–Kier alpha value is -1.02. The van der Waals surface area contributed by atoms with Crippen molar-refractivity contribution < 1.29 is 9.47 Å². The number of epoxide rings is 1. The van der Waals surface area contributed by atoms with Gasteiger partial charge in [0.15, 0.2) is 0 Å². The zero-order valence-corrected chi connectivity index (χ0v) is 14.5. The first kappa shape index (κ1) is 16.4. The van der Waals surface area contributed by atoms with Gasteiger partial charge in [0.1, 0.15) is 5.75 Å². The van der Waals surface area contributed by atoms with Gasteiger partial charge in [-0.25, -0.2) is 0 Å². The number of aryl methyl sites for hydroxylation is 1. The molecule has 1 heterocycles. The summed E-state index contributed by atoms with van der Waals surface area (Å²) in [4.78, 5) is 0. The Morgan fingerprint density at radius 2 is 1.86 bits per heavy atom. The van der Waals surface area contributed by atoms with E-state index in [0.29, 0.717) is 18.1 Å². The minimum atomic E-state index is 0.472. The highest BCUT2D eigenvalue weighted by Crippen LogP contribution is 2.38. The molecule has 0 bridgehead atoms. The average molecular weight is 290 g/mol. The number of rotatable bonds is 7. The second kappa shape index (κ2) is 6.83. The van der Waals surface area contributed by atoms with Crippen molar-refractivity contribution in [3.05, 3.63) is 28.3 Å². The highest BCUT2D eigenvalue weighted by atomic mass is 16.6. The summed E-state index contributed by atoms with van der Waals surface area (Å²) in [5.74, 6) is 1.60. The molecule has 1 aromatic rings. The molecule has 0 aromatic heterocycles. The third-order valence-electron chi connectivity index (χ3n) is 4.74. The van der Waals surface area contributed by atoms with Crippen LogP contribution in [0.4, 0.5) is 0 Å². The molecule has 118 valence electrons. The van der Waals surface area contributed by atoms with Crippen molar-refractivity contribution in [1.29, 1.82) is 0 Å². The molecule has 1 aliphatic rings. The van der Waals surface area contributed by atoms with Crippen molar-refractivity contribution >= 4 is 0 Å². The van der Waals surface area contributed by atoms with Gasteiger partial charge >= 0.3 is 0 Å². The molecule has 1 saturated heterocycles. The standard InChI is InChI=1S/C19H30O2/c1-7-9-20-17-10-12(3)19(15(6)14(17)5)13(4)11-18-16(8-2)21-18/h10,13,16,18H,7-9,11H2,1-6H3. The molecule has 0 amide bonds. The van der Waals surface area contributed by atoms with Gasteiger partial charge in [-0.2, -0.15) is 0 Å². The van der Waals surface area contributed by atoms with E-state index in [1.165, 1.54) is 22.3 Å². The van der Waals surface area contributed by atoms with Gasteiger partial charge in [0.25, 0.3) is 0 Å². The summed E-state index contributed by atoms with van der Waals surface area (Å²) in [6.45, 7) is 14.1. The number of benzene rings is 1. The maximum absolute atomic E-state index is 5.89. The first-order valence-electron chi connectivity index (χ1n) is 8.38. The number of hydrogen-bond donors (Lipinski definition) is 0. The molecular weight excluding hydrogens is 260 g/mol. The van der Waals surface area contributed by atoms with Crippen LogP contribution in [-0.2, 0) is 4.74 Å². The molecule has 0 spiro atoms. The molecule has 2 rings (SSSR count). The third kappa shape index (κ3) is 3.60. The van der Waals surface area contributed by atoms with Crippen molar-refractivity contribution in [2.24, 2.45) is 0 Å². The summed E-state index contributed by atoms with van der Waals surface area (Å²) >= 11 is 0. The van der Waals surface area contributed by atoms with Gasteiger partial charge in [-0.3, -0.25) is 0 Å². The van der Waals surface area contributed by atoms with Gasteiger partial charge in [-0.15, -0.1) is 0 Å². The number of ether oxygens (including phenoxy) is 2. The Kier molecular flexibility index (Phi) is 5.32. The molecule has 0 radical (unpaired) electrons. The monoisotopic (exact) mass is 290 g/mol. The van der Waals surface area contributed by atoms with Crippen molar-refractivity contribution in [2.45, 2.75) is 78.9 Å². The normalized spacial score (nSPS) is 22.2. The lowest BCUT2D eigenvalue weighted by Crippen LogP contribution is -2.08. The van der Waals surface area contributed by atoms with Crippen LogP contribution in [0.1, 0.15) is 68.2 Å². The van der Waals surface area contributed by atoms with E-state index in [4.69, 9.17) is 9.47 Å². The largest absolute Gasteiger partial charge is 0.493 e. The molecule has 1 aliphatic heterocycles. The van der Waals surface area contributed by atoms with E-state index in [0.717, 1.165) is 31.6 Å². The Morgan fingerprint density at radius 3 is 2.43 bits per heavy atom. The minimum absolute atomic E-state index is 0.472. The fourth-order valence-electron chi connectivity index (χ4n) is 3.40. The van der Waals surface area contributed by atoms with Crippen LogP contribution in [0.5, 0.6) is 5.75 Å². The van der Waals surface area contributed by atoms with E-state index < -0.39 is 0 Å². The maximum atomic E-state index is 5.89. The van der Waals surface area contributed by atoms with E-state index in [1.807, 2.05) is 0 Å². The van der Waals surface area contributed by atoms with Gasteiger partial charge in [0.2, 0.25) is 0 Å². The van der Waals surface area contributed by atoms with Gasteiger partial charge < -0.3 is 9.47 Å². The van der Waals surface area contributed by atoms with Crippen molar-refractivity contribution in [3.8, 4) is 5.75 Å². The van der Waals surface area contributed by atoms with Crippen molar-refractivity contribution in [1.82, 2.24) is 0 Å². The summed E-state index contributed by atoms with van der Waals surface area (Å²) in [6.07, 6.45) is 4.29. The molecule has 2 nitrogen and oxygen atoms in total. The Bertz CT molecular complexity index is 493. The molecule has 1 fully saturated rings. The lowest BCUT2D eigenvalue weighted by molar-refractivity contribution is 0.314.